The van der Waals surface area contributed by atoms with Gasteiger partial charge in [-0.25, -0.2) is 4.79 Å². The minimum absolute atomic E-state index is 0.0524. The largest absolute Gasteiger partial charge is 0.382 e. The number of rotatable bonds is 3. The Bertz CT molecular complexity index is 383. The summed E-state index contributed by atoms with van der Waals surface area (Å²) in [5, 5.41) is 2.80. The van der Waals surface area contributed by atoms with Crippen molar-refractivity contribution >= 4 is 11.7 Å². The Kier molecular flexibility index (Phi) is 4.49. The van der Waals surface area contributed by atoms with Crippen LogP contribution in [-0.2, 0) is 9.47 Å². The highest BCUT2D eigenvalue weighted by molar-refractivity contribution is 5.89. The summed E-state index contributed by atoms with van der Waals surface area (Å²) < 4.78 is 10.5. The number of methoxy groups -OCH3 is 1. The number of hydrogen-bond donors (Lipinski definition) is 1. The van der Waals surface area contributed by atoms with Crippen molar-refractivity contribution in [3.8, 4) is 0 Å². The molecule has 98 valence electrons. The molecule has 6 heteroatoms. The van der Waals surface area contributed by atoms with Crippen LogP contribution in [0.2, 0.25) is 0 Å². The maximum atomic E-state index is 12.0. The average molecular weight is 251 g/mol. The molecule has 0 unspecified atom stereocenters. The SMILES string of the molecule is COC[C@H]1CN(C(=O)Nc2cccnc2)CCO1. The Morgan fingerprint density at radius 1 is 1.72 bits per heavy atom. The van der Waals surface area contributed by atoms with Gasteiger partial charge >= 0.3 is 6.03 Å². The third-order valence-corrected chi connectivity index (χ3v) is 2.69. The van der Waals surface area contributed by atoms with Crippen molar-refractivity contribution in [3.63, 3.8) is 0 Å². The van der Waals surface area contributed by atoms with Crippen LogP contribution in [0.5, 0.6) is 0 Å². The monoisotopic (exact) mass is 251 g/mol. The van der Waals surface area contributed by atoms with Gasteiger partial charge in [0.2, 0.25) is 0 Å². The van der Waals surface area contributed by atoms with Crippen molar-refractivity contribution in [1.82, 2.24) is 9.88 Å². The molecule has 0 aromatic carbocycles. The minimum atomic E-state index is -0.132. The Labute approximate surface area is 106 Å². The van der Waals surface area contributed by atoms with Crippen LogP contribution in [-0.4, -0.2) is 55.4 Å². The van der Waals surface area contributed by atoms with Crippen LogP contribution in [0.4, 0.5) is 10.5 Å². The first kappa shape index (κ1) is 12.8. The van der Waals surface area contributed by atoms with Gasteiger partial charge in [0.05, 0.1) is 37.7 Å². The van der Waals surface area contributed by atoms with Gasteiger partial charge < -0.3 is 19.7 Å². The van der Waals surface area contributed by atoms with E-state index in [1.807, 2.05) is 0 Å². The number of anilines is 1. The Hall–Kier alpha value is -1.66. The number of amides is 2. The van der Waals surface area contributed by atoms with E-state index in [1.165, 1.54) is 0 Å². The summed E-state index contributed by atoms with van der Waals surface area (Å²) in [6.45, 7) is 2.16. The fourth-order valence-electron chi connectivity index (χ4n) is 1.83. The number of hydrogen-bond acceptors (Lipinski definition) is 4. The number of pyridine rings is 1. The van der Waals surface area contributed by atoms with Crippen LogP contribution in [0.1, 0.15) is 0 Å². The maximum absolute atomic E-state index is 12.0. The number of morpholine rings is 1. The smallest absolute Gasteiger partial charge is 0.322 e. The van der Waals surface area contributed by atoms with Crippen LogP contribution in [0.25, 0.3) is 0 Å². The van der Waals surface area contributed by atoms with Gasteiger partial charge in [-0.2, -0.15) is 0 Å². The summed E-state index contributed by atoms with van der Waals surface area (Å²) in [4.78, 5) is 17.7. The highest BCUT2D eigenvalue weighted by Gasteiger charge is 2.24. The number of carbonyl (C=O) groups is 1. The molecule has 0 spiro atoms. The van der Waals surface area contributed by atoms with Crippen molar-refractivity contribution in [2.75, 3.05) is 38.7 Å². The maximum Gasteiger partial charge on any atom is 0.322 e. The van der Waals surface area contributed by atoms with Gasteiger partial charge in [-0.3, -0.25) is 4.98 Å². The van der Waals surface area contributed by atoms with E-state index in [-0.39, 0.29) is 12.1 Å². The molecule has 2 heterocycles. The lowest BCUT2D eigenvalue weighted by atomic mass is 10.3. The summed E-state index contributed by atoms with van der Waals surface area (Å²) in [5.41, 5.74) is 0.692. The van der Waals surface area contributed by atoms with E-state index < -0.39 is 0 Å². The molecule has 6 nitrogen and oxygen atoms in total. The lowest BCUT2D eigenvalue weighted by Crippen LogP contribution is -2.48. The number of ether oxygens (including phenoxy) is 2. The number of nitrogens with zero attached hydrogens (tertiary/aromatic N) is 2. The van der Waals surface area contributed by atoms with E-state index in [0.29, 0.717) is 32.0 Å². The molecule has 0 aliphatic carbocycles. The lowest BCUT2D eigenvalue weighted by molar-refractivity contribution is -0.0481. The highest BCUT2D eigenvalue weighted by Crippen LogP contribution is 2.09. The van der Waals surface area contributed by atoms with Gasteiger partial charge in [0.1, 0.15) is 0 Å². The topological polar surface area (TPSA) is 63.7 Å². The first-order valence-electron chi connectivity index (χ1n) is 5.86. The van der Waals surface area contributed by atoms with Crippen molar-refractivity contribution in [3.05, 3.63) is 24.5 Å². The molecule has 1 atom stereocenters. The quantitative estimate of drug-likeness (QED) is 0.869. The zero-order chi connectivity index (χ0) is 12.8. The molecule has 1 aliphatic heterocycles. The molecule has 1 aliphatic rings. The molecule has 18 heavy (non-hydrogen) atoms. The zero-order valence-electron chi connectivity index (χ0n) is 10.3. The van der Waals surface area contributed by atoms with Gasteiger partial charge in [-0.1, -0.05) is 0 Å². The molecular formula is C12H17N3O3. The first-order chi connectivity index (χ1) is 8.79. The van der Waals surface area contributed by atoms with E-state index in [0.717, 1.165) is 0 Å². The Balaban J connectivity index is 1.88. The number of urea groups is 1. The molecule has 1 fully saturated rings. The number of nitrogens with one attached hydrogen (secondary N) is 1. The summed E-state index contributed by atoms with van der Waals surface area (Å²) in [7, 11) is 1.62. The van der Waals surface area contributed by atoms with Crippen molar-refractivity contribution in [1.29, 1.82) is 0 Å². The van der Waals surface area contributed by atoms with Crippen LogP contribution in [0.15, 0.2) is 24.5 Å². The minimum Gasteiger partial charge on any atom is -0.382 e. The van der Waals surface area contributed by atoms with Crippen LogP contribution >= 0.6 is 0 Å². The standard InChI is InChI=1S/C12H17N3O3/c1-17-9-11-8-15(5-6-18-11)12(16)14-10-3-2-4-13-7-10/h2-4,7,11H,5-6,8-9H2,1H3,(H,14,16)/t11-/m1/s1. The summed E-state index contributed by atoms with van der Waals surface area (Å²) >= 11 is 0. The second-order valence-electron chi connectivity index (χ2n) is 4.07. The predicted molar refractivity (Wildman–Crippen MR) is 66.4 cm³/mol. The normalized spacial score (nSPS) is 19.6. The van der Waals surface area contributed by atoms with Gasteiger partial charge in [-0.05, 0) is 12.1 Å². The van der Waals surface area contributed by atoms with Gasteiger partial charge in [0.15, 0.2) is 0 Å². The lowest BCUT2D eigenvalue weighted by Gasteiger charge is -2.32. The molecule has 0 radical (unpaired) electrons. The number of carbonyl (C=O) groups excluding carboxylic acids is 1. The van der Waals surface area contributed by atoms with Crippen molar-refractivity contribution in [2.45, 2.75) is 6.10 Å². The second kappa shape index (κ2) is 6.32. The highest BCUT2D eigenvalue weighted by atomic mass is 16.5. The van der Waals surface area contributed by atoms with E-state index in [2.05, 4.69) is 10.3 Å². The summed E-state index contributed by atoms with van der Waals surface area (Å²) in [6.07, 6.45) is 3.23. The Morgan fingerprint density at radius 3 is 3.33 bits per heavy atom. The third-order valence-electron chi connectivity index (χ3n) is 2.69. The second-order valence-corrected chi connectivity index (χ2v) is 4.07. The molecule has 0 bridgehead atoms. The van der Waals surface area contributed by atoms with Crippen LogP contribution < -0.4 is 5.32 Å². The first-order valence-corrected chi connectivity index (χ1v) is 5.86. The third kappa shape index (κ3) is 3.41. The van der Waals surface area contributed by atoms with Gasteiger partial charge in [-0.15, -0.1) is 0 Å². The molecule has 0 saturated carbocycles. The van der Waals surface area contributed by atoms with Crippen molar-refractivity contribution in [2.24, 2.45) is 0 Å². The van der Waals surface area contributed by atoms with E-state index in [1.54, 1.807) is 36.5 Å². The fourth-order valence-corrected chi connectivity index (χ4v) is 1.83. The Morgan fingerprint density at radius 2 is 2.61 bits per heavy atom. The molecule has 2 rings (SSSR count). The van der Waals surface area contributed by atoms with Gasteiger partial charge in [0, 0.05) is 19.9 Å². The predicted octanol–water partition coefficient (Wildman–Crippen LogP) is 0.961. The number of aromatic nitrogens is 1. The zero-order valence-corrected chi connectivity index (χ0v) is 10.3. The molecule has 1 aromatic rings. The van der Waals surface area contributed by atoms with E-state index in [4.69, 9.17) is 9.47 Å². The molecule has 1 saturated heterocycles. The molecule has 2 amide bonds. The van der Waals surface area contributed by atoms with Gasteiger partial charge in [0.25, 0.3) is 0 Å². The molecule has 1 N–H and O–H groups in total. The van der Waals surface area contributed by atoms with Crippen molar-refractivity contribution < 1.29 is 14.3 Å². The van der Waals surface area contributed by atoms with Crippen LogP contribution in [0, 0.1) is 0 Å². The molecule has 1 aromatic heterocycles. The summed E-state index contributed by atoms with van der Waals surface area (Å²) in [5.74, 6) is 0. The molecular weight excluding hydrogens is 234 g/mol. The van der Waals surface area contributed by atoms with Crippen LogP contribution in [0.3, 0.4) is 0 Å². The van der Waals surface area contributed by atoms with E-state index in [9.17, 15) is 4.79 Å². The van der Waals surface area contributed by atoms with E-state index >= 15 is 0 Å². The average Bonchev–Trinajstić information content (AvgIpc) is 2.40. The summed E-state index contributed by atoms with van der Waals surface area (Å²) in [6, 6.07) is 3.45. The fraction of sp³-hybridized carbons (Fsp3) is 0.500.